The van der Waals surface area contributed by atoms with Crippen LogP contribution in [0.2, 0.25) is 0 Å². The molecule has 0 aromatic carbocycles. The van der Waals surface area contributed by atoms with E-state index in [0.29, 0.717) is 6.67 Å². The van der Waals surface area contributed by atoms with Crippen LogP contribution in [0.15, 0.2) is 11.3 Å². The topological polar surface area (TPSA) is 43.9 Å². The summed E-state index contributed by atoms with van der Waals surface area (Å²) in [7, 11) is 5.13. The molecule has 18 heavy (non-hydrogen) atoms. The second kappa shape index (κ2) is 4.63. The second-order valence-electron chi connectivity index (χ2n) is 5.68. The maximum Gasteiger partial charge on any atom is 0.314 e. The number of likely N-dealkylation sites (N-methyl/N-ethyl adjacent to an activating group) is 2. The van der Waals surface area contributed by atoms with Gasteiger partial charge in [-0.2, -0.15) is 0 Å². The molecule has 0 saturated carbocycles. The summed E-state index contributed by atoms with van der Waals surface area (Å²) in [5.74, 6) is -0.931. The number of amides is 2. The van der Waals surface area contributed by atoms with E-state index in [2.05, 4.69) is 0 Å². The van der Waals surface area contributed by atoms with Crippen molar-refractivity contribution < 1.29 is 9.59 Å². The molecule has 1 aliphatic heterocycles. The zero-order valence-electron chi connectivity index (χ0n) is 12.4. The van der Waals surface area contributed by atoms with Gasteiger partial charge in [-0.15, -0.1) is 0 Å². The molecule has 1 fully saturated rings. The fraction of sp³-hybridized carbons (Fsp3) is 0.692. The van der Waals surface area contributed by atoms with Crippen molar-refractivity contribution >= 4 is 11.8 Å². The molecular formula is C13H23N3O2. The Labute approximate surface area is 109 Å². The first-order valence-electron chi connectivity index (χ1n) is 6.03. The van der Waals surface area contributed by atoms with E-state index in [0.717, 1.165) is 11.3 Å². The molecule has 1 saturated heterocycles. The number of nitrogens with zero attached hydrogens (tertiary/aromatic N) is 3. The molecule has 102 valence electrons. The molecule has 1 heterocycles. The van der Waals surface area contributed by atoms with Gasteiger partial charge in [-0.25, -0.2) is 0 Å². The van der Waals surface area contributed by atoms with Gasteiger partial charge in [0, 0.05) is 26.8 Å². The summed E-state index contributed by atoms with van der Waals surface area (Å²) in [5, 5.41) is 0. The van der Waals surface area contributed by atoms with E-state index >= 15 is 0 Å². The first-order chi connectivity index (χ1) is 8.10. The molecule has 1 rings (SSSR count). The Hall–Kier alpha value is -1.52. The van der Waals surface area contributed by atoms with Crippen LogP contribution in [0, 0.1) is 0 Å². The minimum atomic E-state index is -0.480. The minimum Gasteiger partial charge on any atom is -0.358 e. The predicted molar refractivity (Wildman–Crippen MR) is 70.6 cm³/mol. The van der Waals surface area contributed by atoms with Crippen molar-refractivity contribution in [2.75, 3.05) is 27.8 Å². The molecule has 0 aliphatic carbocycles. The van der Waals surface area contributed by atoms with Gasteiger partial charge in [0.25, 0.3) is 0 Å². The quantitative estimate of drug-likeness (QED) is 0.602. The van der Waals surface area contributed by atoms with E-state index < -0.39 is 17.4 Å². The molecule has 5 heteroatoms. The third-order valence-electron chi connectivity index (χ3n) is 3.30. The molecule has 0 unspecified atom stereocenters. The third kappa shape index (κ3) is 2.21. The van der Waals surface area contributed by atoms with E-state index in [1.807, 2.05) is 39.6 Å². The van der Waals surface area contributed by atoms with Crippen molar-refractivity contribution in [1.29, 1.82) is 0 Å². The van der Waals surface area contributed by atoms with Gasteiger partial charge in [0.05, 0.1) is 12.2 Å². The smallest absolute Gasteiger partial charge is 0.314 e. The van der Waals surface area contributed by atoms with E-state index in [1.165, 1.54) is 4.90 Å². The summed E-state index contributed by atoms with van der Waals surface area (Å²) in [6.07, 6.45) is 0. The minimum absolute atomic E-state index is 0.448. The van der Waals surface area contributed by atoms with E-state index in [-0.39, 0.29) is 0 Å². The fourth-order valence-corrected chi connectivity index (χ4v) is 2.67. The molecule has 0 N–H and O–H groups in total. The molecule has 0 radical (unpaired) electrons. The zero-order chi connectivity index (χ0) is 14.2. The third-order valence-corrected chi connectivity index (χ3v) is 3.30. The highest BCUT2D eigenvalue weighted by atomic mass is 16.2. The van der Waals surface area contributed by atoms with Gasteiger partial charge in [-0.1, -0.05) is 5.57 Å². The molecule has 0 spiro atoms. The summed E-state index contributed by atoms with van der Waals surface area (Å²) >= 11 is 0. The number of hydrogen-bond donors (Lipinski definition) is 0. The molecule has 0 atom stereocenters. The standard InChI is InChI=1S/C13H23N3O2/c1-9(2)10-13(3,4)16(8-15(10)7)12(18)11(17)14(5)6/h8H2,1-7H3. The van der Waals surface area contributed by atoms with Crippen LogP contribution in [-0.2, 0) is 9.59 Å². The zero-order valence-corrected chi connectivity index (χ0v) is 12.4. The summed E-state index contributed by atoms with van der Waals surface area (Å²) in [6, 6.07) is 0. The van der Waals surface area contributed by atoms with Gasteiger partial charge < -0.3 is 14.7 Å². The summed E-state index contributed by atoms with van der Waals surface area (Å²) in [4.78, 5) is 29.0. The molecule has 0 aromatic rings. The van der Waals surface area contributed by atoms with Gasteiger partial charge in [0.2, 0.25) is 0 Å². The van der Waals surface area contributed by atoms with Crippen molar-refractivity contribution in [3.8, 4) is 0 Å². The van der Waals surface area contributed by atoms with Gasteiger partial charge in [0.15, 0.2) is 0 Å². The summed E-state index contributed by atoms with van der Waals surface area (Å²) < 4.78 is 0. The van der Waals surface area contributed by atoms with Crippen LogP contribution in [0.4, 0.5) is 0 Å². The van der Waals surface area contributed by atoms with Gasteiger partial charge in [-0.3, -0.25) is 9.59 Å². The van der Waals surface area contributed by atoms with E-state index in [9.17, 15) is 9.59 Å². The molecule has 1 aliphatic rings. The number of hydrogen-bond acceptors (Lipinski definition) is 3. The van der Waals surface area contributed by atoms with Crippen LogP contribution < -0.4 is 0 Å². The molecule has 0 bridgehead atoms. The Morgan fingerprint density at radius 2 is 1.72 bits per heavy atom. The Morgan fingerprint density at radius 3 is 2.06 bits per heavy atom. The van der Waals surface area contributed by atoms with Crippen LogP contribution >= 0.6 is 0 Å². The lowest BCUT2D eigenvalue weighted by molar-refractivity contribution is -0.152. The van der Waals surface area contributed by atoms with Crippen molar-refractivity contribution in [3.63, 3.8) is 0 Å². The van der Waals surface area contributed by atoms with Crippen LogP contribution in [0.25, 0.3) is 0 Å². The molecular weight excluding hydrogens is 230 g/mol. The molecule has 5 nitrogen and oxygen atoms in total. The van der Waals surface area contributed by atoms with Crippen molar-refractivity contribution in [2.24, 2.45) is 0 Å². The van der Waals surface area contributed by atoms with Crippen LogP contribution in [0.5, 0.6) is 0 Å². The summed E-state index contributed by atoms with van der Waals surface area (Å²) in [5.41, 5.74) is 1.81. The molecule has 0 aromatic heterocycles. The maximum atomic E-state index is 12.2. The Morgan fingerprint density at radius 1 is 1.22 bits per heavy atom. The lowest BCUT2D eigenvalue weighted by Crippen LogP contribution is -2.49. The van der Waals surface area contributed by atoms with Crippen LogP contribution in [-0.4, -0.2) is 59.9 Å². The largest absolute Gasteiger partial charge is 0.358 e. The second-order valence-corrected chi connectivity index (χ2v) is 5.68. The fourth-order valence-electron chi connectivity index (χ4n) is 2.67. The number of carbonyl (C=O) groups is 2. The molecule has 2 amide bonds. The van der Waals surface area contributed by atoms with E-state index in [1.54, 1.807) is 19.0 Å². The monoisotopic (exact) mass is 253 g/mol. The van der Waals surface area contributed by atoms with Crippen molar-refractivity contribution in [2.45, 2.75) is 33.2 Å². The lowest BCUT2D eigenvalue weighted by atomic mass is 9.96. The Balaban J connectivity index is 3.12. The van der Waals surface area contributed by atoms with Gasteiger partial charge >= 0.3 is 11.8 Å². The predicted octanol–water partition coefficient (Wildman–Crippen LogP) is 0.879. The first kappa shape index (κ1) is 14.5. The highest BCUT2D eigenvalue weighted by Crippen LogP contribution is 2.35. The number of allylic oxidation sites excluding steroid dienone is 1. The van der Waals surface area contributed by atoms with Gasteiger partial charge in [0.1, 0.15) is 0 Å². The number of rotatable bonds is 0. The number of carbonyl (C=O) groups excluding carboxylic acids is 2. The Bertz CT molecular complexity index is 406. The maximum absolute atomic E-state index is 12.2. The SMILES string of the molecule is CC(C)=C1N(C)CN(C(=O)C(=O)N(C)C)C1(C)C. The van der Waals surface area contributed by atoms with Crippen molar-refractivity contribution in [1.82, 2.24) is 14.7 Å². The normalized spacial score (nSPS) is 18.1. The average molecular weight is 253 g/mol. The highest BCUT2D eigenvalue weighted by molar-refractivity contribution is 6.35. The average Bonchev–Trinajstić information content (AvgIpc) is 2.45. The first-order valence-corrected chi connectivity index (χ1v) is 6.03. The van der Waals surface area contributed by atoms with Crippen molar-refractivity contribution in [3.05, 3.63) is 11.3 Å². The van der Waals surface area contributed by atoms with Gasteiger partial charge in [-0.05, 0) is 27.7 Å². The van der Waals surface area contributed by atoms with Crippen LogP contribution in [0.1, 0.15) is 27.7 Å². The lowest BCUT2D eigenvalue weighted by Gasteiger charge is -2.31. The highest BCUT2D eigenvalue weighted by Gasteiger charge is 2.45. The van der Waals surface area contributed by atoms with Crippen LogP contribution in [0.3, 0.4) is 0 Å². The van der Waals surface area contributed by atoms with E-state index in [4.69, 9.17) is 0 Å². The Kier molecular flexibility index (Phi) is 3.74. The summed E-state index contributed by atoms with van der Waals surface area (Å²) in [6.45, 7) is 8.44.